The maximum atomic E-state index is 11.1. The van der Waals surface area contributed by atoms with E-state index >= 15 is 0 Å². The Morgan fingerprint density at radius 3 is 2.67 bits per heavy atom. The van der Waals surface area contributed by atoms with E-state index in [0.717, 1.165) is 0 Å². The molecule has 0 aliphatic heterocycles. The van der Waals surface area contributed by atoms with Gasteiger partial charge in [-0.05, 0) is 18.2 Å². The quantitative estimate of drug-likeness (QED) is 0.877. The van der Waals surface area contributed by atoms with Crippen molar-refractivity contribution in [2.75, 3.05) is 7.11 Å². The van der Waals surface area contributed by atoms with Crippen LogP contribution < -0.4 is 4.74 Å². The number of ether oxygens (including phenoxy) is 1. The van der Waals surface area contributed by atoms with Crippen molar-refractivity contribution in [3.8, 4) is 17.1 Å². The molecule has 2 aromatic rings. The summed E-state index contributed by atoms with van der Waals surface area (Å²) in [5.41, 5.74) is 0.504. The van der Waals surface area contributed by atoms with Crippen LogP contribution in [0.1, 0.15) is 0 Å². The lowest BCUT2D eigenvalue weighted by Gasteiger charge is -2.05. The zero-order valence-electron chi connectivity index (χ0n) is 9.02. The molecule has 0 atom stereocenters. The van der Waals surface area contributed by atoms with Gasteiger partial charge in [0.05, 0.1) is 12.7 Å². The zero-order chi connectivity index (χ0) is 13.3. The van der Waals surface area contributed by atoms with Crippen molar-refractivity contribution >= 4 is 31.3 Å². The van der Waals surface area contributed by atoms with Crippen LogP contribution in [-0.4, -0.2) is 30.7 Å². The van der Waals surface area contributed by atoms with E-state index in [0.29, 0.717) is 16.3 Å². The average Bonchev–Trinajstić information content (AvgIpc) is 2.77. The molecule has 0 aliphatic carbocycles. The molecular weight excluding hydrogens is 301 g/mol. The van der Waals surface area contributed by atoms with E-state index in [1.165, 1.54) is 7.11 Å². The molecule has 0 unspecified atom stereocenters. The predicted molar refractivity (Wildman–Crippen MR) is 66.4 cm³/mol. The molecule has 2 rings (SSSR count). The Labute approximate surface area is 112 Å². The van der Waals surface area contributed by atoms with Crippen molar-refractivity contribution in [3.63, 3.8) is 0 Å². The van der Waals surface area contributed by atoms with Crippen LogP contribution in [0.25, 0.3) is 11.4 Å². The van der Waals surface area contributed by atoms with E-state index in [1.54, 1.807) is 18.2 Å². The second kappa shape index (κ2) is 4.75. The molecule has 18 heavy (non-hydrogen) atoms. The summed E-state index contributed by atoms with van der Waals surface area (Å²) in [5, 5.41) is 6.07. The van der Waals surface area contributed by atoms with E-state index in [-0.39, 0.29) is 5.82 Å². The zero-order valence-corrected chi connectivity index (χ0v) is 11.3. The molecule has 0 spiro atoms. The first-order valence-electron chi connectivity index (χ1n) is 4.63. The SMILES string of the molecule is COc1cc(Cl)ccc1-c1n[nH]c(S(=O)(=O)Cl)n1. The van der Waals surface area contributed by atoms with Crippen molar-refractivity contribution < 1.29 is 13.2 Å². The molecule has 0 fully saturated rings. The Kier molecular flexibility index (Phi) is 3.47. The summed E-state index contributed by atoms with van der Waals surface area (Å²) in [4.78, 5) is 3.78. The highest BCUT2D eigenvalue weighted by molar-refractivity contribution is 8.13. The summed E-state index contributed by atoms with van der Waals surface area (Å²) in [5.74, 6) is 0.586. The molecule has 1 N–H and O–H groups in total. The monoisotopic (exact) mass is 307 g/mol. The molecule has 0 bridgehead atoms. The van der Waals surface area contributed by atoms with E-state index in [2.05, 4.69) is 15.2 Å². The number of hydrogen-bond acceptors (Lipinski definition) is 5. The van der Waals surface area contributed by atoms with Crippen LogP contribution in [0.5, 0.6) is 5.75 Å². The minimum Gasteiger partial charge on any atom is -0.496 e. The summed E-state index contributed by atoms with van der Waals surface area (Å²) in [6.07, 6.45) is 0. The molecule has 0 aliphatic rings. The number of nitrogens with zero attached hydrogens (tertiary/aromatic N) is 2. The highest BCUT2D eigenvalue weighted by atomic mass is 35.7. The van der Waals surface area contributed by atoms with Gasteiger partial charge in [-0.2, -0.15) is 10.1 Å². The number of halogens is 2. The van der Waals surface area contributed by atoms with Gasteiger partial charge < -0.3 is 4.74 Å². The Balaban J connectivity index is 2.53. The standard InChI is InChI=1S/C9H7Cl2N3O3S/c1-17-7-4-5(10)2-3-6(7)8-12-9(14-13-8)18(11,15)16/h2-4H,1H3,(H,12,13,14). The number of H-pyrrole nitrogens is 1. The second-order valence-corrected chi connectivity index (χ2v) is 6.16. The van der Waals surface area contributed by atoms with Crippen LogP contribution in [-0.2, 0) is 9.05 Å². The molecule has 96 valence electrons. The van der Waals surface area contributed by atoms with Crippen LogP contribution in [0.3, 0.4) is 0 Å². The smallest absolute Gasteiger partial charge is 0.296 e. The predicted octanol–water partition coefficient (Wildman–Crippen LogP) is 2.06. The maximum absolute atomic E-state index is 11.1. The molecule has 0 saturated carbocycles. The third kappa shape index (κ3) is 2.58. The number of rotatable bonds is 3. The Bertz CT molecular complexity index is 684. The van der Waals surface area contributed by atoms with Crippen molar-refractivity contribution in [1.29, 1.82) is 0 Å². The van der Waals surface area contributed by atoms with Crippen LogP contribution in [0, 0.1) is 0 Å². The average molecular weight is 308 g/mol. The van der Waals surface area contributed by atoms with Gasteiger partial charge in [0.2, 0.25) is 0 Å². The van der Waals surface area contributed by atoms with Crippen LogP contribution >= 0.6 is 22.3 Å². The van der Waals surface area contributed by atoms with Crippen molar-refractivity contribution in [2.45, 2.75) is 5.16 Å². The number of hydrogen-bond donors (Lipinski definition) is 1. The Hall–Kier alpha value is -1.31. The number of aromatic amines is 1. The van der Waals surface area contributed by atoms with E-state index in [1.807, 2.05) is 0 Å². The fraction of sp³-hybridized carbons (Fsp3) is 0.111. The highest BCUT2D eigenvalue weighted by Crippen LogP contribution is 2.30. The van der Waals surface area contributed by atoms with Crippen molar-refractivity contribution in [2.24, 2.45) is 0 Å². The van der Waals surface area contributed by atoms with Gasteiger partial charge in [-0.15, -0.1) is 0 Å². The molecule has 1 aromatic carbocycles. The molecule has 0 saturated heterocycles. The molecule has 1 heterocycles. The summed E-state index contributed by atoms with van der Waals surface area (Å²) in [6.45, 7) is 0. The van der Waals surface area contributed by atoms with Gasteiger partial charge in [-0.1, -0.05) is 11.6 Å². The van der Waals surface area contributed by atoms with Crippen LogP contribution in [0.15, 0.2) is 23.4 Å². The Morgan fingerprint density at radius 1 is 1.39 bits per heavy atom. The van der Waals surface area contributed by atoms with Gasteiger partial charge in [-0.3, -0.25) is 0 Å². The Morgan fingerprint density at radius 2 is 2.11 bits per heavy atom. The first-order valence-corrected chi connectivity index (χ1v) is 7.31. The van der Waals surface area contributed by atoms with Crippen molar-refractivity contribution in [1.82, 2.24) is 15.2 Å². The summed E-state index contributed by atoms with van der Waals surface area (Å²) < 4.78 is 27.2. The van der Waals surface area contributed by atoms with Crippen molar-refractivity contribution in [3.05, 3.63) is 23.2 Å². The number of methoxy groups -OCH3 is 1. The fourth-order valence-electron chi connectivity index (χ4n) is 1.33. The largest absolute Gasteiger partial charge is 0.496 e. The summed E-state index contributed by atoms with van der Waals surface area (Å²) in [7, 11) is 2.66. The normalized spacial score (nSPS) is 11.5. The lowest BCUT2D eigenvalue weighted by Crippen LogP contribution is -1.93. The summed E-state index contributed by atoms with van der Waals surface area (Å²) >= 11 is 5.82. The van der Waals surface area contributed by atoms with E-state index in [4.69, 9.17) is 27.0 Å². The third-order valence-corrected chi connectivity index (χ3v) is 3.42. The van der Waals surface area contributed by atoms with E-state index < -0.39 is 14.2 Å². The van der Waals surface area contributed by atoms with Gasteiger partial charge in [-0.25, -0.2) is 13.5 Å². The van der Waals surface area contributed by atoms with Gasteiger partial charge in [0.25, 0.3) is 14.2 Å². The molecule has 9 heteroatoms. The molecule has 1 aromatic heterocycles. The molecule has 6 nitrogen and oxygen atoms in total. The minimum atomic E-state index is -3.94. The third-order valence-electron chi connectivity index (χ3n) is 2.10. The highest BCUT2D eigenvalue weighted by Gasteiger charge is 2.18. The number of nitrogens with one attached hydrogen (secondary N) is 1. The first kappa shape index (κ1) is 13.1. The minimum absolute atomic E-state index is 0.155. The lowest BCUT2D eigenvalue weighted by molar-refractivity contribution is 0.416. The summed E-state index contributed by atoms with van der Waals surface area (Å²) in [6, 6.07) is 4.81. The lowest BCUT2D eigenvalue weighted by atomic mass is 10.2. The topological polar surface area (TPSA) is 84.9 Å². The van der Waals surface area contributed by atoms with Gasteiger partial charge in [0, 0.05) is 15.7 Å². The van der Waals surface area contributed by atoms with Gasteiger partial charge >= 0.3 is 0 Å². The number of aromatic nitrogens is 3. The fourth-order valence-corrected chi connectivity index (χ4v) is 2.05. The first-order chi connectivity index (χ1) is 8.41. The molecule has 0 radical (unpaired) electrons. The van der Waals surface area contributed by atoms with Gasteiger partial charge in [0.15, 0.2) is 5.82 Å². The molecular formula is C9H7Cl2N3O3S. The van der Waals surface area contributed by atoms with Crippen LogP contribution in [0.2, 0.25) is 5.02 Å². The van der Waals surface area contributed by atoms with E-state index in [9.17, 15) is 8.42 Å². The maximum Gasteiger partial charge on any atom is 0.296 e. The second-order valence-electron chi connectivity index (χ2n) is 3.25. The molecule has 0 amide bonds. The van der Waals surface area contributed by atoms with Gasteiger partial charge in [0.1, 0.15) is 5.75 Å². The van der Waals surface area contributed by atoms with Crippen LogP contribution in [0.4, 0.5) is 0 Å². The number of benzene rings is 1.